The molecule has 9 heteroatoms. The minimum absolute atomic E-state index is 0.0797. The number of amides is 1. The Bertz CT molecular complexity index is 1240. The second-order valence-electron chi connectivity index (χ2n) is 8.12. The molecule has 0 aromatic heterocycles. The zero-order valence-electron chi connectivity index (χ0n) is 20.0. The lowest BCUT2D eigenvalue weighted by molar-refractivity contribution is 0.0951. The van der Waals surface area contributed by atoms with Gasteiger partial charge in [0.1, 0.15) is 0 Å². The standard InChI is InChI=1S/C26H29Cl2N3O3S/c1-4-30(5-2)24-12-8-19(9-13-24)17-29-26(32)21-10-6-20(7-11-21)18-31(35(3,33)34)25-15-22(27)14-23(28)16-25/h6-16H,4-5,17-18H2,1-3H3,(H,29,32). The van der Waals surface area contributed by atoms with Crippen molar-refractivity contribution < 1.29 is 13.2 Å². The van der Waals surface area contributed by atoms with Crippen LogP contribution >= 0.6 is 23.2 Å². The molecule has 3 aromatic rings. The largest absolute Gasteiger partial charge is 0.372 e. The third-order valence-corrected chi connectivity index (χ3v) is 7.17. The number of rotatable bonds is 10. The molecule has 0 aliphatic heterocycles. The highest BCUT2D eigenvalue weighted by Gasteiger charge is 2.19. The van der Waals surface area contributed by atoms with Gasteiger partial charge in [0.25, 0.3) is 5.91 Å². The van der Waals surface area contributed by atoms with Gasteiger partial charge in [-0.25, -0.2) is 8.42 Å². The molecule has 0 bridgehead atoms. The zero-order chi connectivity index (χ0) is 25.6. The van der Waals surface area contributed by atoms with Gasteiger partial charge in [0.2, 0.25) is 10.0 Å². The van der Waals surface area contributed by atoms with E-state index in [-0.39, 0.29) is 12.5 Å². The highest BCUT2D eigenvalue weighted by Crippen LogP contribution is 2.28. The minimum Gasteiger partial charge on any atom is -0.372 e. The predicted octanol–water partition coefficient (Wildman–Crippen LogP) is 5.74. The van der Waals surface area contributed by atoms with Gasteiger partial charge >= 0.3 is 0 Å². The fraction of sp³-hybridized carbons (Fsp3) is 0.269. The lowest BCUT2D eigenvalue weighted by atomic mass is 10.1. The van der Waals surface area contributed by atoms with Gasteiger partial charge in [-0.2, -0.15) is 0 Å². The summed E-state index contributed by atoms with van der Waals surface area (Å²) < 4.78 is 26.1. The maximum absolute atomic E-state index is 12.6. The Morgan fingerprint density at radius 3 is 1.89 bits per heavy atom. The first-order valence-electron chi connectivity index (χ1n) is 11.3. The van der Waals surface area contributed by atoms with Crippen LogP contribution in [0.2, 0.25) is 10.0 Å². The van der Waals surface area contributed by atoms with Crippen molar-refractivity contribution in [3.05, 3.63) is 93.5 Å². The fourth-order valence-electron chi connectivity index (χ4n) is 3.71. The average Bonchev–Trinajstić information content (AvgIpc) is 2.81. The number of carbonyl (C=O) groups is 1. The molecular formula is C26H29Cl2N3O3S. The van der Waals surface area contributed by atoms with Crippen LogP contribution in [0.3, 0.4) is 0 Å². The van der Waals surface area contributed by atoms with Gasteiger partial charge in [-0.3, -0.25) is 9.10 Å². The van der Waals surface area contributed by atoms with Crippen molar-refractivity contribution in [1.82, 2.24) is 5.32 Å². The van der Waals surface area contributed by atoms with Crippen molar-refractivity contribution in [2.75, 3.05) is 28.6 Å². The van der Waals surface area contributed by atoms with E-state index in [9.17, 15) is 13.2 Å². The summed E-state index contributed by atoms with van der Waals surface area (Å²) in [5.74, 6) is -0.203. The third kappa shape index (κ3) is 7.37. The second kappa shape index (κ2) is 11.8. The first kappa shape index (κ1) is 26.9. The van der Waals surface area contributed by atoms with Crippen molar-refractivity contribution >= 4 is 50.5 Å². The summed E-state index contributed by atoms with van der Waals surface area (Å²) in [5.41, 5.74) is 3.75. The number of hydrogen-bond acceptors (Lipinski definition) is 4. The molecule has 3 aromatic carbocycles. The predicted molar refractivity (Wildman–Crippen MR) is 145 cm³/mol. The van der Waals surface area contributed by atoms with Crippen molar-refractivity contribution in [2.24, 2.45) is 0 Å². The molecule has 3 rings (SSSR count). The Kier molecular flexibility index (Phi) is 9.05. The molecule has 1 amide bonds. The molecule has 0 aliphatic carbocycles. The molecular weight excluding hydrogens is 505 g/mol. The molecule has 0 heterocycles. The van der Waals surface area contributed by atoms with Gasteiger partial charge in [-0.05, 0) is 67.4 Å². The van der Waals surface area contributed by atoms with Crippen molar-refractivity contribution in [3.8, 4) is 0 Å². The quantitative estimate of drug-likeness (QED) is 0.361. The van der Waals surface area contributed by atoms with Crippen LogP contribution in [0.1, 0.15) is 35.3 Å². The summed E-state index contributed by atoms with van der Waals surface area (Å²) in [6.07, 6.45) is 1.12. The lowest BCUT2D eigenvalue weighted by Crippen LogP contribution is -2.29. The number of hydrogen-bond donors (Lipinski definition) is 1. The van der Waals surface area contributed by atoms with E-state index in [0.717, 1.165) is 36.2 Å². The topological polar surface area (TPSA) is 69.7 Å². The molecule has 0 radical (unpaired) electrons. The van der Waals surface area contributed by atoms with Gasteiger partial charge in [0, 0.05) is 40.9 Å². The second-order valence-corrected chi connectivity index (χ2v) is 10.9. The number of nitrogens with zero attached hydrogens (tertiary/aromatic N) is 2. The number of nitrogens with one attached hydrogen (secondary N) is 1. The number of sulfonamides is 1. The van der Waals surface area contributed by atoms with E-state index < -0.39 is 10.0 Å². The maximum Gasteiger partial charge on any atom is 0.251 e. The smallest absolute Gasteiger partial charge is 0.251 e. The van der Waals surface area contributed by atoms with Gasteiger partial charge in [-0.1, -0.05) is 47.5 Å². The van der Waals surface area contributed by atoms with Crippen molar-refractivity contribution in [3.63, 3.8) is 0 Å². The molecule has 35 heavy (non-hydrogen) atoms. The Hall–Kier alpha value is -2.74. The normalized spacial score (nSPS) is 11.2. The number of carbonyl (C=O) groups excluding carboxylic acids is 1. The van der Waals surface area contributed by atoms with E-state index in [1.807, 2.05) is 12.1 Å². The van der Waals surface area contributed by atoms with Crippen LogP contribution in [-0.4, -0.2) is 33.7 Å². The summed E-state index contributed by atoms with van der Waals surface area (Å²) in [7, 11) is -3.59. The van der Waals surface area contributed by atoms with Crippen LogP contribution in [0.25, 0.3) is 0 Å². The van der Waals surface area contributed by atoms with Crippen LogP contribution in [-0.2, 0) is 23.1 Å². The van der Waals surface area contributed by atoms with Crippen molar-refractivity contribution in [2.45, 2.75) is 26.9 Å². The Morgan fingerprint density at radius 1 is 0.829 bits per heavy atom. The van der Waals surface area contributed by atoms with Gasteiger partial charge in [0.15, 0.2) is 0 Å². The van der Waals surface area contributed by atoms with Crippen LogP contribution < -0.4 is 14.5 Å². The van der Waals surface area contributed by atoms with E-state index in [1.165, 1.54) is 4.31 Å². The summed E-state index contributed by atoms with van der Waals surface area (Å²) in [5, 5.41) is 3.61. The molecule has 0 saturated carbocycles. The first-order valence-corrected chi connectivity index (χ1v) is 13.9. The summed E-state index contributed by atoms with van der Waals surface area (Å²) >= 11 is 12.1. The minimum atomic E-state index is -3.59. The van der Waals surface area contributed by atoms with E-state index in [4.69, 9.17) is 23.2 Å². The van der Waals surface area contributed by atoms with Crippen molar-refractivity contribution in [1.29, 1.82) is 0 Å². The monoisotopic (exact) mass is 533 g/mol. The van der Waals surface area contributed by atoms with Gasteiger partial charge < -0.3 is 10.2 Å². The number of anilines is 2. The Balaban J connectivity index is 1.66. The van der Waals surface area contributed by atoms with Crippen LogP contribution in [0.4, 0.5) is 11.4 Å². The van der Waals surface area contributed by atoms with Crippen LogP contribution in [0.5, 0.6) is 0 Å². The molecule has 0 fully saturated rings. The zero-order valence-corrected chi connectivity index (χ0v) is 22.3. The summed E-state index contributed by atoms with van der Waals surface area (Å²) in [6.45, 7) is 6.62. The average molecular weight is 535 g/mol. The maximum atomic E-state index is 12.6. The molecule has 6 nitrogen and oxygen atoms in total. The van der Waals surface area contributed by atoms with E-state index in [0.29, 0.717) is 27.8 Å². The van der Waals surface area contributed by atoms with Crippen LogP contribution in [0.15, 0.2) is 66.7 Å². The molecule has 1 N–H and O–H groups in total. The first-order chi connectivity index (χ1) is 16.6. The molecule has 0 saturated heterocycles. The summed E-state index contributed by atoms with van der Waals surface area (Å²) in [4.78, 5) is 14.9. The highest BCUT2D eigenvalue weighted by atomic mass is 35.5. The Morgan fingerprint density at radius 2 is 1.37 bits per heavy atom. The number of halogens is 2. The molecule has 0 atom stereocenters. The van der Waals surface area contributed by atoms with E-state index >= 15 is 0 Å². The fourth-order valence-corrected chi connectivity index (χ4v) is 5.09. The Labute approximate surface area is 217 Å². The van der Waals surface area contributed by atoms with Gasteiger partial charge in [-0.15, -0.1) is 0 Å². The van der Waals surface area contributed by atoms with Gasteiger partial charge in [0.05, 0.1) is 18.5 Å². The molecule has 0 unspecified atom stereocenters. The van der Waals surface area contributed by atoms with Crippen LogP contribution in [0, 0.1) is 0 Å². The lowest BCUT2D eigenvalue weighted by Gasteiger charge is -2.23. The molecule has 186 valence electrons. The highest BCUT2D eigenvalue weighted by molar-refractivity contribution is 7.92. The summed E-state index contributed by atoms with van der Waals surface area (Å²) in [6, 6.07) is 19.6. The SMILES string of the molecule is CCN(CC)c1ccc(CNC(=O)c2ccc(CN(c3cc(Cl)cc(Cl)c3)S(C)(=O)=O)cc2)cc1. The molecule has 0 aliphatic rings. The third-order valence-electron chi connectivity index (χ3n) is 5.60. The van der Waals surface area contributed by atoms with E-state index in [1.54, 1.807) is 42.5 Å². The molecule has 0 spiro atoms. The number of benzene rings is 3. The van der Waals surface area contributed by atoms with E-state index in [2.05, 4.69) is 36.2 Å².